The van der Waals surface area contributed by atoms with Crippen LogP contribution in [0.4, 0.5) is 0 Å². The average Bonchev–Trinajstić information content (AvgIpc) is 1.38. The molecule has 131 heavy (non-hydrogen) atoms. The topological polar surface area (TPSA) is 137 Å². The van der Waals surface area contributed by atoms with Crippen LogP contribution in [0.2, 0.25) is 0 Å². The van der Waals surface area contributed by atoms with Gasteiger partial charge in [0.05, 0.1) is 49.3 Å². The molecule has 37 aliphatic rings. The molecule has 22 atom stereocenters. The summed E-state index contributed by atoms with van der Waals surface area (Å²) in [6, 6.07) is 10.1. The maximum Gasteiger partial charge on any atom is 0.0714 e. The summed E-state index contributed by atoms with van der Waals surface area (Å²) >= 11 is 2.21. The van der Waals surface area contributed by atoms with Crippen LogP contribution in [0.5, 0.6) is 0 Å². The molecule has 0 aromatic carbocycles. The van der Waals surface area contributed by atoms with Gasteiger partial charge < -0.3 is 65.8 Å². The zero-order chi connectivity index (χ0) is 88.2. The highest BCUT2D eigenvalue weighted by Gasteiger charge is 2.40. The molecule has 7 N–H and O–H groups in total. The van der Waals surface area contributed by atoms with Crippen molar-refractivity contribution in [3.63, 3.8) is 0 Å². The van der Waals surface area contributed by atoms with Crippen molar-refractivity contribution >= 4 is 11.8 Å². The summed E-state index contributed by atoms with van der Waals surface area (Å²) in [4.78, 5) is 5.06. The van der Waals surface area contributed by atoms with Crippen LogP contribution in [0, 0.1) is 76.9 Å². The monoisotopic (exact) mass is 1840 g/mol. The van der Waals surface area contributed by atoms with Crippen LogP contribution in [0.1, 0.15) is 456 Å². The summed E-state index contributed by atoms with van der Waals surface area (Å²) in [6.07, 6.45) is 108. The SMILES string of the molecule is C1CC2CC1CN2.C1CC2CC1CO2.C1CC2CCC(C1)C2.C1CC2CCC(C1)N2.C1CC2CCC(C1)N2.C1CC2CCC(C1)N2.C1CC2CCC(C1)O2.C1CC2CCC(C2)N1.C1CC2CCC1C2.C1CC2CCC1CC2.C1CC2CCC1CO2.C1CC2CCC1CS2.C1CC2CCC1N2.C1CC2CCC1O2.C1CC2CCN(C1)C2.C1CC2CNC(C1)C2.C1CN2CCC(C2)O1. The molecule has 0 aromatic heterocycles. The van der Waals surface area contributed by atoms with Gasteiger partial charge in [-0.2, -0.15) is 11.8 Å². The zero-order valence-corrected chi connectivity index (χ0v) is 85.5. The van der Waals surface area contributed by atoms with Gasteiger partial charge in [0, 0.05) is 111 Å². The minimum absolute atomic E-state index is 0.587. The second kappa shape index (κ2) is 54.5. The second-order valence-corrected chi connectivity index (χ2v) is 52.0. The van der Waals surface area contributed by atoms with Gasteiger partial charge in [0.25, 0.3) is 0 Å². The molecule has 24 heterocycles. The Morgan fingerprint density at radius 3 is 0.870 bits per heavy atom. The van der Waals surface area contributed by atoms with E-state index in [1.54, 1.807) is 103 Å². The number of nitrogens with zero attached hydrogens (tertiary/aromatic N) is 2. The van der Waals surface area contributed by atoms with Crippen LogP contribution in [-0.2, 0) is 23.7 Å². The lowest BCUT2D eigenvalue weighted by Gasteiger charge is -2.35. The molecule has 0 amide bonds. The van der Waals surface area contributed by atoms with E-state index in [1.165, 1.54) is 423 Å². The maximum absolute atomic E-state index is 5.60. The molecule has 37 fully saturated rings. The summed E-state index contributed by atoms with van der Waals surface area (Å²) in [5, 5.41) is 25.9. The van der Waals surface area contributed by atoms with Crippen LogP contribution in [0.25, 0.3) is 0 Å². The number of hydrogen-bond acceptors (Lipinski definition) is 15. The van der Waals surface area contributed by atoms with E-state index in [9.17, 15) is 0 Å². The minimum Gasteiger partial charge on any atom is -0.378 e. The predicted octanol–water partition coefficient (Wildman–Crippen LogP) is 24.5. The molecule has 37 rings (SSSR count). The molecule has 15 heteroatoms. The van der Waals surface area contributed by atoms with Crippen molar-refractivity contribution < 1.29 is 23.7 Å². The second-order valence-electron chi connectivity index (χ2n) is 50.7. The quantitative estimate of drug-likeness (QED) is 0.124. The summed E-state index contributed by atoms with van der Waals surface area (Å²) < 4.78 is 27.3. The third-order valence-corrected chi connectivity index (χ3v) is 42.3. The fraction of sp³-hybridized carbons (Fsp3) is 1.00. The van der Waals surface area contributed by atoms with Crippen molar-refractivity contribution in [3.05, 3.63) is 0 Å². The van der Waals surface area contributed by atoms with E-state index in [4.69, 9.17) is 23.7 Å². The predicted molar refractivity (Wildman–Crippen MR) is 547 cm³/mol. The summed E-state index contributed by atoms with van der Waals surface area (Å²) in [6.45, 7) is 14.8. The van der Waals surface area contributed by atoms with Gasteiger partial charge >= 0.3 is 0 Å². The van der Waals surface area contributed by atoms with E-state index in [1.807, 2.05) is 0 Å². The molecule has 13 aliphatic carbocycles. The van der Waals surface area contributed by atoms with Gasteiger partial charge in [-0.15, -0.1) is 0 Å². The van der Waals surface area contributed by atoms with Gasteiger partial charge in [0.1, 0.15) is 0 Å². The zero-order valence-electron chi connectivity index (χ0n) is 84.7. The van der Waals surface area contributed by atoms with Crippen LogP contribution >= 0.6 is 11.8 Å². The molecule has 34 bridgehead atoms. The van der Waals surface area contributed by atoms with Crippen molar-refractivity contribution in [2.75, 3.05) is 84.5 Å². The first-order valence-corrected chi connectivity index (χ1v) is 61.2. The van der Waals surface area contributed by atoms with Crippen LogP contribution in [-0.4, -0.2) is 209 Å². The van der Waals surface area contributed by atoms with Gasteiger partial charge in [-0.05, 0) is 449 Å². The molecule has 13 saturated carbocycles. The van der Waals surface area contributed by atoms with Gasteiger partial charge in [0.15, 0.2) is 0 Å². The van der Waals surface area contributed by atoms with Crippen LogP contribution in [0.15, 0.2) is 0 Å². The van der Waals surface area contributed by atoms with E-state index in [0.29, 0.717) is 42.7 Å². The highest BCUT2D eigenvalue weighted by molar-refractivity contribution is 8.00. The number of thioether (sulfide) groups is 1. The smallest absolute Gasteiger partial charge is 0.0714 e. The maximum atomic E-state index is 5.60. The lowest BCUT2D eigenvalue weighted by molar-refractivity contribution is -0.0615. The fourth-order valence-electron chi connectivity index (χ4n) is 32.2. The molecule has 752 valence electrons. The highest BCUT2D eigenvalue weighted by atomic mass is 32.2. The summed E-state index contributed by atoms with van der Waals surface area (Å²) in [5.74, 6) is 15.7. The Bertz CT molecular complexity index is 2220. The third kappa shape index (κ3) is 34.0. The number of ether oxygens (including phenoxy) is 5. The van der Waals surface area contributed by atoms with Gasteiger partial charge in [0.2, 0.25) is 0 Å². The lowest BCUT2D eigenvalue weighted by Crippen LogP contribution is -2.33. The fourth-order valence-corrected chi connectivity index (χ4v) is 33.7. The Hall–Kier alpha value is -0.210. The van der Waals surface area contributed by atoms with Gasteiger partial charge in [-0.3, -0.25) is 4.90 Å². The molecule has 14 nitrogen and oxygen atoms in total. The minimum atomic E-state index is 0.587. The number of rotatable bonds is 0. The highest BCUT2D eigenvalue weighted by Crippen LogP contribution is 2.47. The third-order valence-electron chi connectivity index (χ3n) is 40.7. The van der Waals surface area contributed by atoms with Crippen molar-refractivity contribution in [1.29, 1.82) is 0 Å². The van der Waals surface area contributed by atoms with Crippen LogP contribution < -0.4 is 37.2 Å². The van der Waals surface area contributed by atoms with Gasteiger partial charge in [-0.25, -0.2) is 0 Å². The summed E-state index contributed by atoms with van der Waals surface area (Å²) in [7, 11) is 0. The Morgan fingerprint density at radius 1 is 0.198 bits per heavy atom. The Labute approximate surface area is 809 Å². The van der Waals surface area contributed by atoms with E-state index in [-0.39, 0.29) is 0 Å². The van der Waals surface area contributed by atoms with E-state index in [0.717, 1.165) is 163 Å². The molecule has 0 spiro atoms. The number of piperidine rings is 6. The first kappa shape index (κ1) is 101. The van der Waals surface area contributed by atoms with Gasteiger partial charge in [-0.1, -0.05) is 122 Å². The number of hydrogen-bond donors (Lipinski definition) is 7. The van der Waals surface area contributed by atoms with Crippen molar-refractivity contribution in [2.45, 2.75) is 570 Å². The Morgan fingerprint density at radius 2 is 0.557 bits per heavy atom. The van der Waals surface area contributed by atoms with Crippen molar-refractivity contribution in [2.24, 2.45) is 76.9 Å². The normalized spacial score (nSPS) is 45.8. The van der Waals surface area contributed by atoms with Crippen molar-refractivity contribution in [1.82, 2.24) is 47.0 Å². The first-order valence-electron chi connectivity index (χ1n) is 60.1. The largest absolute Gasteiger partial charge is 0.378 e. The Balaban J connectivity index is 0.0000000935. The van der Waals surface area contributed by atoms with Crippen LogP contribution in [0.3, 0.4) is 0 Å². The molecule has 24 aliphatic heterocycles. The molecular weight excluding hydrogens is 1630 g/mol. The van der Waals surface area contributed by atoms with E-state index < -0.39 is 0 Å². The standard InChI is InChI=1S/2C8H14.6C7H13N.2C7H12O.C7H12S.C7H12.C6H11NO.2C6H11N.2C6H10O/c1-2-8-5-3-7(1)4-6-8;1-2-7-4-5-8(3-1)6-7;1-2-7-5-6(1)3-4-8-7;1-2-7-3-5-8(4-1)6-7;1-2-6-4-7(3-1)8-5-6;3*1-2-6-4-5-7(3-1)8-6;1-3-7-4-2-6(1)5-8-7;1-2-6-4-5-7(3-1)8-6;1-3-7-4-2-6(1)5-8-7;1-2-7-4-3-6(1)5-7;1-2-7-3-4-8-6(1)5-7;1-2-6-3-5(1)4-7-6;1-2-6-4-3-5(1)7-6;1-2-6-3-5(1)4-7-6;1-2-6-4-3-5(1)7-6/h2*7-8H,1-6H2;6-8H,1-5H2;7H,1-6H2;4*6-8H,1-5H2;3*6-7H,1-5H2;6-7H,1-5H2;6H,1-5H2;2*5-7H,1-4H2;2*5-6H,1-4H2. The van der Waals surface area contributed by atoms with E-state index in [2.05, 4.69) is 58.8 Å². The Kier molecular flexibility index (Phi) is 41.9. The molecule has 22 unspecified atom stereocenters. The molecule has 0 radical (unpaired) electrons. The molecule has 24 saturated heterocycles. The first-order chi connectivity index (χ1) is 64.6. The molecular formula is C116H207N9O5S. The van der Waals surface area contributed by atoms with Crippen molar-refractivity contribution in [3.8, 4) is 0 Å². The number of nitrogens with one attached hydrogen (secondary N) is 7. The number of morpholine rings is 1. The number of fused-ring (bicyclic) bond motifs is 37. The summed E-state index contributed by atoms with van der Waals surface area (Å²) in [5.41, 5.74) is 0. The molecule has 0 aromatic rings. The lowest BCUT2D eigenvalue weighted by atomic mass is 9.71. The van der Waals surface area contributed by atoms with E-state index >= 15 is 0 Å². The average molecular weight is 1840 g/mol.